The summed E-state index contributed by atoms with van der Waals surface area (Å²) >= 11 is 0. The summed E-state index contributed by atoms with van der Waals surface area (Å²) in [6, 6.07) is 81.0. The number of hydrogen-bond acceptors (Lipinski definition) is 5. The fourth-order valence-corrected chi connectivity index (χ4v) is 10.5. The van der Waals surface area contributed by atoms with Crippen molar-refractivity contribution in [3.05, 3.63) is 247 Å². The van der Waals surface area contributed by atoms with Crippen LogP contribution in [0.3, 0.4) is 0 Å². The summed E-state index contributed by atoms with van der Waals surface area (Å²) in [5, 5.41) is 10.3. The number of benzene rings is 10. The Morgan fingerprint density at radius 3 is 1.88 bits per heavy atom. The normalized spacial score (nSPS) is 13.9. The molecule has 10 aromatic carbocycles. The highest BCUT2D eigenvalue weighted by Crippen LogP contribution is 2.45. The monoisotopic (exact) mass is 884 g/mol. The van der Waals surface area contributed by atoms with Crippen LogP contribution in [0.1, 0.15) is 22.9 Å². The smallest absolute Gasteiger partial charge is 0.159 e. The molecule has 1 unspecified atom stereocenters. The van der Waals surface area contributed by atoms with Gasteiger partial charge in [-0.1, -0.05) is 170 Å². The molecule has 0 saturated carbocycles. The van der Waals surface area contributed by atoms with E-state index in [-0.39, 0.29) is 6.17 Å². The summed E-state index contributed by atoms with van der Waals surface area (Å²) in [6.45, 7) is 0. The van der Waals surface area contributed by atoms with E-state index in [9.17, 15) is 0 Å². The highest BCUT2D eigenvalue weighted by atomic mass is 16.3. The Kier molecular flexibility index (Phi) is 8.86. The number of nitrogens with zero attached hydrogens (tertiary/aromatic N) is 3. The number of fused-ring (bicyclic) bond motifs is 9. The van der Waals surface area contributed by atoms with Crippen molar-refractivity contribution in [3.8, 4) is 39.1 Å². The van der Waals surface area contributed by atoms with E-state index in [0.717, 1.165) is 105 Å². The molecule has 324 valence electrons. The molecule has 1 N–H and O–H groups in total. The van der Waals surface area contributed by atoms with Gasteiger partial charge in [0.25, 0.3) is 0 Å². The van der Waals surface area contributed by atoms with Crippen molar-refractivity contribution in [3.63, 3.8) is 0 Å². The van der Waals surface area contributed by atoms with E-state index < -0.39 is 0 Å². The lowest BCUT2D eigenvalue weighted by molar-refractivity contribution is 0.668. The number of aromatic nitrogens is 1. The minimum absolute atomic E-state index is 0.292. The van der Waals surface area contributed by atoms with Crippen LogP contribution < -0.4 is 5.32 Å². The van der Waals surface area contributed by atoms with E-state index in [1.54, 1.807) is 0 Å². The fourth-order valence-electron chi connectivity index (χ4n) is 10.5. The van der Waals surface area contributed by atoms with E-state index in [0.29, 0.717) is 5.84 Å². The Bertz CT molecular complexity index is 4220. The molecule has 1 aliphatic heterocycles. The average molecular weight is 885 g/mol. The van der Waals surface area contributed by atoms with Gasteiger partial charge in [-0.15, -0.1) is 0 Å². The quantitative estimate of drug-likeness (QED) is 0.173. The van der Waals surface area contributed by atoms with Crippen molar-refractivity contribution < 1.29 is 8.83 Å². The number of furan rings is 2. The molecule has 0 spiro atoms. The first kappa shape index (κ1) is 39.0. The summed E-state index contributed by atoms with van der Waals surface area (Å²) in [5.74, 6) is 1.46. The Labute approximate surface area is 396 Å². The molecular weight excluding hydrogens is 845 g/mol. The maximum absolute atomic E-state index is 6.93. The summed E-state index contributed by atoms with van der Waals surface area (Å²) in [7, 11) is 0. The van der Waals surface area contributed by atoms with Crippen molar-refractivity contribution >= 4 is 77.4 Å². The first-order valence-electron chi connectivity index (χ1n) is 23.3. The SMILES string of the molecule is c1ccc(C2=NC(c3ccccc3)NC(c3cccc(-c4cccc5oc6ccc(-c7ccc(-n8c9ccccc9c9cc(-c%10ccccc%10)ccc98)c8c7oc7ccccc78)cc6c45)c3)=N2)cc1. The number of amidine groups is 2. The number of nitrogens with one attached hydrogen (secondary N) is 1. The summed E-state index contributed by atoms with van der Waals surface area (Å²) in [6.07, 6.45) is -0.292. The van der Waals surface area contributed by atoms with Crippen LogP contribution in [-0.4, -0.2) is 16.2 Å². The molecular formula is C63H40N4O2. The minimum atomic E-state index is -0.292. The zero-order valence-corrected chi connectivity index (χ0v) is 37.2. The van der Waals surface area contributed by atoms with Crippen LogP contribution in [0.15, 0.2) is 249 Å². The van der Waals surface area contributed by atoms with Crippen molar-refractivity contribution in [1.82, 2.24) is 9.88 Å². The van der Waals surface area contributed by atoms with E-state index in [1.165, 1.54) is 21.9 Å². The number of hydrogen-bond donors (Lipinski definition) is 1. The standard InChI is InChI=1S/C63H40N4O2/c1-4-16-39(17-5-1)42-30-33-53-50(37-42)48-24-10-12-27-52(48)67(53)54-34-32-47(60-59(54)49-25-11-13-28-55(49)69-60)44-31-35-56-51(38-44)58-46(26-15-29-57(58)68-56)43-22-14-23-45(36-43)63-65-61(40-18-6-2-7-19-40)64-62(66-63)41-20-8-3-9-21-41/h1-38,61H,(H,64,65,66). The molecule has 1 atom stereocenters. The van der Waals surface area contributed by atoms with Gasteiger partial charge in [-0.25, -0.2) is 9.98 Å². The Balaban J connectivity index is 0.909. The Morgan fingerprint density at radius 2 is 1.03 bits per heavy atom. The van der Waals surface area contributed by atoms with Crippen LogP contribution in [0, 0.1) is 0 Å². The van der Waals surface area contributed by atoms with Crippen molar-refractivity contribution in [2.45, 2.75) is 6.17 Å². The first-order chi connectivity index (χ1) is 34.2. The highest BCUT2D eigenvalue weighted by molar-refractivity contribution is 6.19. The van der Waals surface area contributed by atoms with Gasteiger partial charge in [-0.2, -0.15) is 0 Å². The molecule has 6 nitrogen and oxygen atoms in total. The molecule has 69 heavy (non-hydrogen) atoms. The largest absolute Gasteiger partial charge is 0.456 e. The Morgan fingerprint density at radius 1 is 0.391 bits per heavy atom. The lowest BCUT2D eigenvalue weighted by atomic mass is 9.95. The number of rotatable bonds is 7. The maximum Gasteiger partial charge on any atom is 0.159 e. The lowest BCUT2D eigenvalue weighted by Crippen LogP contribution is -2.33. The molecule has 6 heteroatoms. The molecule has 0 amide bonds. The topological polar surface area (TPSA) is 68.0 Å². The predicted octanol–water partition coefficient (Wildman–Crippen LogP) is 16.1. The second kappa shape index (κ2) is 15.7. The molecule has 0 aliphatic carbocycles. The van der Waals surface area contributed by atoms with E-state index in [1.807, 2.05) is 42.5 Å². The molecule has 13 aromatic rings. The van der Waals surface area contributed by atoms with Gasteiger partial charge < -0.3 is 18.7 Å². The van der Waals surface area contributed by atoms with Gasteiger partial charge in [0.05, 0.1) is 22.1 Å². The van der Waals surface area contributed by atoms with E-state index in [4.69, 9.17) is 18.8 Å². The minimum Gasteiger partial charge on any atom is -0.456 e. The third kappa shape index (κ3) is 6.41. The molecule has 0 radical (unpaired) electrons. The van der Waals surface area contributed by atoms with Gasteiger partial charge in [0.2, 0.25) is 0 Å². The zero-order chi connectivity index (χ0) is 45.4. The van der Waals surface area contributed by atoms with Gasteiger partial charge in [-0.05, 0) is 94.0 Å². The molecule has 1 aliphatic rings. The summed E-state index contributed by atoms with van der Waals surface area (Å²) < 4.78 is 16.0. The average Bonchev–Trinajstić information content (AvgIpc) is 4.11. The van der Waals surface area contributed by atoms with Gasteiger partial charge in [0, 0.05) is 43.6 Å². The van der Waals surface area contributed by atoms with Crippen LogP contribution in [0.5, 0.6) is 0 Å². The summed E-state index contributed by atoms with van der Waals surface area (Å²) in [4.78, 5) is 10.2. The third-order valence-corrected chi connectivity index (χ3v) is 13.7. The Hall–Kier alpha value is -9.26. The molecule has 0 bridgehead atoms. The predicted molar refractivity (Wildman–Crippen MR) is 283 cm³/mol. The second-order valence-corrected chi connectivity index (χ2v) is 17.7. The van der Waals surface area contributed by atoms with Gasteiger partial charge in [-0.3, -0.25) is 0 Å². The molecule has 4 heterocycles. The van der Waals surface area contributed by atoms with Crippen LogP contribution in [0.25, 0.3) is 105 Å². The molecule has 14 rings (SSSR count). The van der Waals surface area contributed by atoms with Crippen LogP contribution >= 0.6 is 0 Å². The summed E-state index contributed by atoms with van der Waals surface area (Å²) in [5.41, 5.74) is 16.3. The molecule has 0 saturated heterocycles. The zero-order valence-electron chi connectivity index (χ0n) is 37.2. The van der Waals surface area contributed by atoms with Crippen molar-refractivity contribution in [1.29, 1.82) is 0 Å². The van der Waals surface area contributed by atoms with Crippen LogP contribution in [0.4, 0.5) is 0 Å². The second-order valence-electron chi connectivity index (χ2n) is 17.7. The lowest BCUT2D eigenvalue weighted by Gasteiger charge is -2.24. The highest BCUT2D eigenvalue weighted by Gasteiger charge is 2.24. The van der Waals surface area contributed by atoms with Crippen molar-refractivity contribution in [2.75, 3.05) is 0 Å². The van der Waals surface area contributed by atoms with Gasteiger partial charge in [0.15, 0.2) is 5.84 Å². The number of para-hydroxylation sites is 2. The van der Waals surface area contributed by atoms with Crippen LogP contribution in [0.2, 0.25) is 0 Å². The maximum atomic E-state index is 6.93. The van der Waals surface area contributed by atoms with Crippen LogP contribution in [-0.2, 0) is 0 Å². The van der Waals surface area contributed by atoms with Gasteiger partial charge >= 0.3 is 0 Å². The van der Waals surface area contributed by atoms with Crippen molar-refractivity contribution in [2.24, 2.45) is 9.98 Å². The van der Waals surface area contributed by atoms with E-state index >= 15 is 0 Å². The van der Waals surface area contributed by atoms with Gasteiger partial charge in [0.1, 0.15) is 34.3 Å². The first-order valence-corrected chi connectivity index (χ1v) is 23.3. The third-order valence-electron chi connectivity index (χ3n) is 13.7. The molecule has 3 aromatic heterocycles. The number of aliphatic imine (C=N–C) groups is 2. The fraction of sp³-hybridized carbons (Fsp3) is 0.0159. The molecule has 0 fully saturated rings. The van der Waals surface area contributed by atoms with E-state index in [2.05, 4.69) is 198 Å².